The second-order valence-electron chi connectivity index (χ2n) is 7.59. The summed E-state index contributed by atoms with van der Waals surface area (Å²) in [7, 11) is -3.25. The first-order chi connectivity index (χ1) is 15.4. The van der Waals surface area contributed by atoms with Crippen molar-refractivity contribution >= 4 is 27.2 Å². The van der Waals surface area contributed by atoms with Gasteiger partial charge in [-0.15, -0.1) is 0 Å². The second-order valence-corrected chi connectivity index (χ2v) is 9.73. The number of nitrogens with one attached hydrogen (secondary N) is 1. The lowest BCUT2D eigenvalue weighted by atomic mass is 10.2. The number of carbonyl (C=O) groups is 1. The molecule has 1 aliphatic rings. The predicted molar refractivity (Wildman–Crippen MR) is 120 cm³/mol. The number of morpholine rings is 1. The van der Waals surface area contributed by atoms with Crippen molar-refractivity contribution in [1.82, 2.24) is 9.97 Å². The molecule has 1 fully saturated rings. The van der Waals surface area contributed by atoms with E-state index in [1.165, 1.54) is 12.5 Å². The number of ether oxygens (including phenoxy) is 1. The zero-order chi connectivity index (χ0) is 22.6. The summed E-state index contributed by atoms with van der Waals surface area (Å²) in [4.78, 5) is 23.4. The van der Waals surface area contributed by atoms with E-state index in [4.69, 9.17) is 9.15 Å². The van der Waals surface area contributed by atoms with Crippen LogP contribution in [0.25, 0.3) is 11.4 Å². The number of aromatic nitrogens is 2. The maximum atomic E-state index is 12.2. The van der Waals surface area contributed by atoms with E-state index in [-0.39, 0.29) is 18.1 Å². The first-order valence-corrected chi connectivity index (χ1v) is 12.2. The van der Waals surface area contributed by atoms with Crippen LogP contribution in [-0.4, -0.2) is 56.9 Å². The molecule has 0 unspecified atom stereocenters. The van der Waals surface area contributed by atoms with Crippen LogP contribution in [0, 0.1) is 0 Å². The minimum atomic E-state index is -3.25. The first-order valence-electron chi connectivity index (χ1n) is 10.2. The van der Waals surface area contributed by atoms with Crippen LogP contribution in [-0.2, 0) is 31.5 Å². The molecule has 1 aliphatic heterocycles. The van der Waals surface area contributed by atoms with Crippen molar-refractivity contribution in [3.8, 4) is 11.4 Å². The molecule has 1 saturated heterocycles. The molecule has 0 bridgehead atoms. The third kappa shape index (κ3) is 5.92. The van der Waals surface area contributed by atoms with Gasteiger partial charge >= 0.3 is 0 Å². The Labute approximate surface area is 186 Å². The number of amides is 1. The highest BCUT2D eigenvalue weighted by Crippen LogP contribution is 2.23. The standard InChI is InChI=1S/C22H24N4O5S/c1-32(28,29)15-18-13-20(26-8-11-30-12-9-26)25-22(24-18)16-4-6-17(7-5-16)23-21(27)14-19-3-2-10-31-19/h2-7,10,13H,8-9,11-12,14-15H2,1H3,(H,23,27). The number of benzene rings is 1. The molecule has 10 heteroatoms. The van der Waals surface area contributed by atoms with Gasteiger partial charge in [-0.1, -0.05) is 0 Å². The highest BCUT2D eigenvalue weighted by Gasteiger charge is 2.17. The lowest BCUT2D eigenvalue weighted by Crippen LogP contribution is -2.37. The molecule has 4 rings (SSSR count). The van der Waals surface area contributed by atoms with Crippen molar-refractivity contribution in [1.29, 1.82) is 0 Å². The molecule has 3 aromatic rings. The van der Waals surface area contributed by atoms with Crippen molar-refractivity contribution in [2.45, 2.75) is 12.2 Å². The lowest BCUT2D eigenvalue weighted by molar-refractivity contribution is -0.115. The minimum absolute atomic E-state index is 0.147. The van der Waals surface area contributed by atoms with E-state index in [2.05, 4.69) is 20.2 Å². The van der Waals surface area contributed by atoms with Crippen molar-refractivity contribution in [2.24, 2.45) is 0 Å². The van der Waals surface area contributed by atoms with E-state index >= 15 is 0 Å². The van der Waals surface area contributed by atoms with Gasteiger partial charge in [-0.25, -0.2) is 18.4 Å². The van der Waals surface area contributed by atoms with E-state index in [1.807, 2.05) is 0 Å². The molecular formula is C22H24N4O5S. The van der Waals surface area contributed by atoms with Crippen molar-refractivity contribution < 1.29 is 22.4 Å². The Morgan fingerprint density at radius 2 is 1.88 bits per heavy atom. The van der Waals surface area contributed by atoms with Gasteiger partial charge in [-0.3, -0.25) is 4.79 Å². The fourth-order valence-electron chi connectivity index (χ4n) is 3.39. The van der Waals surface area contributed by atoms with Crippen LogP contribution < -0.4 is 10.2 Å². The van der Waals surface area contributed by atoms with Crippen molar-refractivity contribution in [2.75, 3.05) is 42.8 Å². The molecule has 1 aromatic carbocycles. The van der Waals surface area contributed by atoms with E-state index in [0.717, 1.165) is 5.56 Å². The van der Waals surface area contributed by atoms with Gasteiger partial charge in [0.2, 0.25) is 5.91 Å². The SMILES string of the molecule is CS(=O)(=O)Cc1cc(N2CCOCC2)nc(-c2ccc(NC(=O)Cc3ccco3)cc2)n1. The molecule has 0 aliphatic carbocycles. The average Bonchev–Trinajstić information content (AvgIpc) is 3.26. The maximum Gasteiger partial charge on any atom is 0.231 e. The number of rotatable bonds is 7. The summed E-state index contributed by atoms with van der Waals surface area (Å²) in [6, 6.07) is 12.3. The number of hydrogen-bond donors (Lipinski definition) is 1. The fraction of sp³-hybridized carbons (Fsp3) is 0.318. The molecule has 3 heterocycles. The molecule has 32 heavy (non-hydrogen) atoms. The molecule has 168 valence electrons. The van der Waals surface area contributed by atoms with Gasteiger partial charge in [0.1, 0.15) is 11.6 Å². The monoisotopic (exact) mass is 456 g/mol. The van der Waals surface area contributed by atoms with E-state index in [9.17, 15) is 13.2 Å². The third-order valence-electron chi connectivity index (χ3n) is 4.85. The van der Waals surface area contributed by atoms with Gasteiger partial charge in [-0.05, 0) is 36.4 Å². The normalized spacial score (nSPS) is 14.3. The summed E-state index contributed by atoms with van der Waals surface area (Å²) in [5.41, 5.74) is 1.79. The smallest absolute Gasteiger partial charge is 0.231 e. The number of nitrogens with zero attached hydrogens (tertiary/aromatic N) is 3. The molecule has 0 atom stereocenters. The van der Waals surface area contributed by atoms with Crippen LogP contribution in [0.2, 0.25) is 0 Å². The molecule has 2 aromatic heterocycles. The van der Waals surface area contributed by atoms with Crippen LogP contribution in [0.15, 0.2) is 53.1 Å². The summed E-state index contributed by atoms with van der Waals surface area (Å²) in [6.07, 6.45) is 2.86. The quantitative estimate of drug-likeness (QED) is 0.576. The Hall–Kier alpha value is -3.24. The van der Waals surface area contributed by atoms with E-state index in [1.54, 1.807) is 42.5 Å². The summed E-state index contributed by atoms with van der Waals surface area (Å²) in [5.74, 6) is 1.34. The zero-order valence-corrected chi connectivity index (χ0v) is 18.5. The van der Waals surface area contributed by atoms with Crippen LogP contribution in [0.3, 0.4) is 0 Å². The van der Waals surface area contributed by atoms with Crippen molar-refractivity contribution in [3.05, 3.63) is 60.2 Å². The number of sulfone groups is 1. The van der Waals surface area contributed by atoms with Gasteiger partial charge < -0.3 is 19.4 Å². The van der Waals surface area contributed by atoms with Crippen LogP contribution in [0.1, 0.15) is 11.5 Å². The number of anilines is 2. The Morgan fingerprint density at radius 3 is 2.53 bits per heavy atom. The van der Waals surface area contributed by atoms with Crippen LogP contribution in [0.4, 0.5) is 11.5 Å². The van der Waals surface area contributed by atoms with E-state index in [0.29, 0.717) is 55.1 Å². The Bertz CT molecular complexity index is 1170. The van der Waals surface area contributed by atoms with Gasteiger partial charge in [0.05, 0.1) is 37.3 Å². The second kappa shape index (κ2) is 9.49. The Kier molecular flexibility index (Phi) is 6.52. The summed E-state index contributed by atoms with van der Waals surface area (Å²) >= 11 is 0. The fourth-order valence-corrected chi connectivity index (χ4v) is 4.07. The first kappa shape index (κ1) is 22.0. The number of hydrogen-bond acceptors (Lipinski definition) is 8. The molecular weight excluding hydrogens is 432 g/mol. The molecule has 0 radical (unpaired) electrons. The largest absolute Gasteiger partial charge is 0.469 e. The van der Waals surface area contributed by atoms with Gasteiger partial charge in [0, 0.05) is 36.7 Å². The van der Waals surface area contributed by atoms with Crippen LogP contribution >= 0.6 is 0 Å². The molecule has 1 N–H and O–H groups in total. The summed E-state index contributed by atoms with van der Waals surface area (Å²) in [6.45, 7) is 2.53. The minimum Gasteiger partial charge on any atom is -0.469 e. The topological polar surface area (TPSA) is 115 Å². The third-order valence-corrected chi connectivity index (χ3v) is 5.67. The van der Waals surface area contributed by atoms with Crippen LogP contribution in [0.5, 0.6) is 0 Å². The molecule has 0 spiro atoms. The number of carbonyl (C=O) groups excluding carboxylic acids is 1. The average molecular weight is 457 g/mol. The van der Waals surface area contributed by atoms with Gasteiger partial charge in [0.15, 0.2) is 15.7 Å². The Balaban J connectivity index is 1.55. The van der Waals surface area contributed by atoms with Gasteiger partial charge in [-0.2, -0.15) is 0 Å². The number of furan rings is 1. The lowest BCUT2D eigenvalue weighted by Gasteiger charge is -2.28. The molecule has 0 saturated carbocycles. The highest BCUT2D eigenvalue weighted by molar-refractivity contribution is 7.89. The molecule has 1 amide bonds. The van der Waals surface area contributed by atoms with Crippen molar-refractivity contribution in [3.63, 3.8) is 0 Å². The highest BCUT2D eigenvalue weighted by atomic mass is 32.2. The molecule has 9 nitrogen and oxygen atoms in total. The maximum absolute atomic E-state index is 12.2. The predicted octanol–water partition coefficient (Wildman–Crippen LogP) is 2.30. The Morgan fingerprint density at radius 1 is 1.12 bits per heavy atom. The summed E-state index contributed by atoms with van der Waals surface area (Å²) in [5, 5.41) is 2.82. The summed E-state index contributed by atoms with van der Waals surface area (Å²) < 4.78 is 34.3. The van der Waals surface area contributed by atoms with Gasteiger partial charge in [0.25, 0.3) is 0 Å². The zero-order valence-electron chi connectivity index (χ0n) is 17.7. The van der Waals surface area contributed by atoms with E-state index < -0.39 is 9.84 Å².